The van der Waals surface area contributed by atoms with Gasteiger partial charge in [0.25, 0.3) is 0 Å². The monoisotopic (exact) mass is 385 g/mol. The molecule has 5 heteroatoms. The maximum atomic E-state index is 12.9. The molecule has 0 saturated carbocycles. The Morgan fingerprint density at radius 1 is 1.04 bits per heavy atom. The summed E-state index contributed by atoms with van der Waals surface area (Å²) in [4.78, 5) is 20.2. The SMILES string of the molecule is Cc1ccccc1CN1CCC(N2CCC[C@@H](C(=O)N3CCOCC3)C2)CC1. The van der Waals surface area contributed by atoms with E-state index in [0.717, 1.165) is 58.7 Å². The minimum Gasteiger partial charge on any atom is -0.378 e. The van der Waals surface area contributed by atoms with Crippen LogP contribution < -0.4 is 0 Å². The molecule has 0 radical (unpaired) electrons. The van der Waals surface area contributed by atoms with Crippen LogP contribution in [-0.2, 0) is 16.1 Å². The first-order chi connectivity index (χ1) is 13.7. The third-order valence-corrected chi connectivity index (χ3v) is 6.85. The molecule has 0 aliphatic carbocycles. The standard InChI is InChI=1S/C23H35N3O2/c1-19-5-2-3-6-20(19)17-24-11-8-22(9-12-24)26-10-4-7-21(18-26)23(27)25-13-15-28-16-14-25/h2-3,5-6,21-22H,4,7-18H2,1H3/t21-/m1/s1. The van der Waals surface area contributed by atoms with Crippen LogP contribution >= 0.6 is 0 Å². The zero-order valence-electron chi connectivity index (χ0n) is 17.3. The lowest BCUT2D eigenvalue weighted by molar-refractivity contribution is -0.142. The summed E-state index contributed by atoms with van der Waals surface area (Å²) in [6, 6.07) is 9.38. The van der Waals surface area contributed by atoms with Crippen LogP contribution in [0.2, 0.25) is 0 Å². The Kier molecular flexibility index (Phi) is 6.65. The molecule has 1 aromatic carbocycles. The van der Waals surface area contributed by atoms with E-state index in [1.54, 1.807) is 0 Å². The number of benzene rings is 1. The minimum atomic E-state index is 0.192. The predicted molar refractivity (Wildman–Crippen MR) is 111 cm³/mol. The van der Waals surface area contributed by atoms with Crippen molar-refractivity contribution in [2.24, 2.45) is 5.92 Å². The summed E-state index contributed by atoms with van der Waals surface area (Å²) >= 11 is 0. The van der Waals surface area contributed by atoms with Crippen molar-refractivity contribution in [3.05, 3.63) is 35.4 Å². The van der Waals surface area contributed by atoms with Crippen LogP contribution in [0, 0.1) is 12.8 Å². The molecule has 0 spiro atoms. The molecule has 28 heavy (non-hydrogen) atoms. The second-order valence-corrected chi connectivity index (χ2v) is 8.71. The molecular formula is C23H35N3O2. The topological polar surface area (TPSA) is 36.0 Å². The quantitative estimate of drug-likeness (QED) is 0.798. The van der Waals surface area contributed by atoms with Crippen molar-refractivity contribution in [2.75, 3.05) is 52.5 Å². The van der Waals surface area contributed by atoms with Crippen molar-refractivity contribution in [1.82, 2.24) is 14.7 Å². The predicted octanol–water partition coefficient (Wildman–Crippen LogP) is 2.53. The number of ether oxygens (including phenoxy) is 1. The lowest BCUT2D eigenvalue weighted by Crippen LogP contribution is -2.52. The maximum absolute atomic E-state index is 12.9. The van der Waals surface area contributed by atoms with E-state index in [1.807, 2.05) is 4.90 Å². The highest BCUT2D eigenvalue weighted by molar-refractivity contribution is 5.79. The van der Waals surface area contributed by atoms with E-state index in [0.29, 0.717) is 25.2 Å². The molecule has 0 aromatic heterocycles. The van der Waals surface area contributed by atoms with Gasteiger partial charge in [0.1, 0.15) is 0 Å². The molecule has 4 rings (SSSR count). The zero-order chi connectivity index (χ0) is 19.3. The summed E-state index contributed by atoms with van der Waals surface area (Å²) in [7, 11) is 0. The summed E-state index contributed by atoms with van der Waals surface area (Å²) in [6.45, 7) is 10.7. The van der Waals surface area contributed by atoms with Crippen LogP contribution in [0.3, 0.4) is 0 Å². The van der Waals surface area contributed by atoms with Crippen LogP contribution in [-0.4, -0.2) is 79.1 Å². The van der Waals surface area contributed by atoms with Gasteiger partial charge in [-0.1, -0.05) is 24.3 Å². The highest BCUT2D eigenvalue weighted by Crippen LogP contribution is 2.26. The molecule has 3 fully saturated rings. The summed E-state index contributed by atoms with van der Waals surface area (Å²) < 4.78 is 5.40. The number of likely N-dealkylation sites (tertiary alicyclic amines) is 2. The second-order valence-electron chi connectivity index (χ2n) is 8.71. The number of hydrogen-bond donors (Lipinski definition) is 0. The van der Waals surface area contributed by atoms with Crippen molar-refractivity contribution in [1.29, 1.82) is 0 Å². The van der Waals surface area contributed by atoms with Gasteiger partial charge in [0.2, 0.25) is 5.91 Å². The Hall–Kier alpha value is -1.43. The number of piperidine rings is 2. The Balaban J connectivity index is 1.27. The van der Waals surface area contributed by atoms with Crippen molar-refractivity contribution < 1.29 is 9.53 Å². The average molecular weight is 386 g/mol. The smallest absolute Gasteiger partial charge is 0.227 e. The molecule has 3 saturated heterocycles. The van der Waals surface area contributed by atoms with Crippen molar-refractivity contribution in [3.63, 3.8) is 0 Å². The van der Waals surface area contributed by atoms with Gasteiger partial charge < -0.3 is 9.64 Å². The van der Waals surface area contributed by atoms with E-state index in [4.69, 9.17) is 4.74 Å². The van der Waals surface area contributed by atoms with Gasteiger partial charge >= 0.3 is 0 Å². The third kappa shape index (κ3) is 4.76. The van der Waals surface area contributed by atoms with Gasteiger partial charge in [-0.05, 0) is 63.4 Å². The van der Waals surface area contributed by atoms with Gasteiger partial charge in [-0.3, -0.25) is 14.6 Å². The second kappa shape index (κ2) is 9.38. The van der Waals surface area contributed by atoms with E-state index in [1.165, 1.54) is 24.0 Å². The van der Waals surface area contributed by atoms with Crippen LogP contribution in [0.25, 0.3) is 0 Å². The van der Waals surface area contributed by atoms with Crippen molar-refractivity contribution in [2.45, 2.75) is 45.2 Å². The molecule has 0 bridgehead atoms. The Bertz CT molecular complexity index is 651. The molecule has 3 heterocycles. The molecule has 3 aliphatic heterocycles. The Morgan fingerprint density at radius 2 is 1.79 bits per heavy atom. The Morgan fingerprint density at radius 3 is 2.54 bits per heavy atom. The number of hydrogen-bond acceptors (Lipinski definition) is 4. The third-order valence-electron chi connectivity index (χ3n) is 6.85. The molecule has 0 N–H and O–H groups in total. The highest BCUT2D eigenvalue weighted by Gasteiger charge is 2.33. The fourth-order valence-corrected chi connectivity index (χ4v) is 5.05. The molecule has 1 amide bonds. The number of aryl methyl sites for hydroxylation is 1. The first kappa shape index (κ1) is 19.9. The molecular weight excluding hydrogens is 350 g/mol. The molecule has 154 valence electrons. The highest BCUT2D eigenvalue weighted by atomic mass is 16.5. The normalized spacial score (nSPS) is 25.8. The molecule has 1 atom stereocenters. The lowest BCUT2D eigenvalue weighted by atomic mass is 9.92. The zero-order valence-corrected chi connectivity index (χ0v) is 17.3. The van der Waals surface area contributed by atoms with Gasteiger partial charge in [-0.15, -0.1) is 0 Å². The number of amides is 1. The number of nitrogens with zero attached hydrogens (tertiary/aromatic N) is 3. The number of morpholine rings is 1. The van der Waals surface area contributed by atoms with Crippen molar-refractivity contribution in [3.8, 4) is 0 Å². The van der Waals surface area contributed by atoms with Gasteiger partial charge in [-0.25, -0.2) is 0 Å². The minimum absolute atomic E-state index is 0.192. The summed E-state index contributed by atoms with van der Waals surface area (Å²) in [5.74, 6) is 0.557. The van der Waals surface area contributed by atoms with E-state index < -0.39 is 0 Å². The summed E-state index contributed by atoms with van der Waals surface area (Å²) in [6.07, 6.45) is 4.66. The van der Waals surface area contributed by atoms with Gasteiger partial charge in [0.15, 0.2) is 0 Å². The molecule has 5 nitrogen and oxygen atoms in total. The van der Waals surface area contributed by atoms with E-state index in [-0.39, 0.29) is 5.92 Å². The number of rotatable bonds is 4. The fraction of sp³-hybridized carbons (Fsp3) is 0.696. The van der Waals surface area contributed by atoms with Gasteiger partial charge in [0.05, 0.1) is 19.1 Å². The largest absolute Gasteiger partial charge is 0.378 e. The van der Waals surface area contributed by atoms with Crippen LogP contribution in [0.5, 0.6) is 0 Å². The molecule has 1 aromatic rings. The number of carbonyl (C=O) groups excluding carboxylic acids is 1. The van der Waals surface area contributed by atoms with Crippen LogP contribution in [0.15, 0.2) is 24.3 Å². The first-order valence-corrected chi connectivity index (χ1v) is 11.1. The summed E-state index contributed by atoms with van der Waals surface area (Å²) in [5.41, 5.74) is 2.85. The molecule has 0 unspecified atom stereocenters. The van der Waals surface area contributed by atoms with Gasteiger partial charge in [0, 0.05) is 32.2 Å². The van der Waals surface area contributed by atoms with E-state index in [9.17, 15) is 4.79 Å². The van der Waals surface area contributed by atoms with Crippen LogP contribution in [0.1, 0.15) is 36.8 Å². The summed E-state index contributed by atoms with van der Waals surface area (Å²) in [5, 5.41) is 0. The molecule has 3 aliphatic rings. The van der Waals surface area contributed by atoms with E-state index in [2.05, 4.69) is 41.0 Å². The van der Waals surface area contributed by atoms with E-state index >= 15 is 0 Å². The Labute approximate surface area is 169 Å². The maximum Gasteiger partial charge on any atom is 0.227 e. The lowest BCUT2D eigenvalue weighted by Gasteiger charge is -2.43. The number of carbonyl (C=O) groups is 1. The van der Waals surface area contributed by atoms with Crippen LogP contribution in [0.4, 0.5) is 0 Å². The fourth-order valence-electron chi connectivity index (χ4n) is 5.05. The van der Waals surface area contributed by atoms with Gasteiger partial charge in [-0.2, -0.15) is 0 Å². The van der Waals surface area contributed by atoms with Crippen molar-refractivity contribution >= 4 is 5.91 Å². The first-order valence-electron chi connectivity index (χ1n) is 11.1. The average Bonchev–Trinajstić information content (AvgIpc) is 2.76.